The number of fused-ring (bicyclic) bond motifs is 1. The maximum absolute atomic E-state index is 9.20. The summed E-state index contributed by atoms with van der Waals surface area (Å²) in [5.74, 6) is 0.685. The average Bonchev–Trinajstić information content (AvgIpc) is 2.62. The Hall–Kier alpha value is -2.68. The van der Waals surface area contributed by atoms with Gasteiger partial charge in [0.25, 0.3) is 0 Å². The Morgan fingerprint density at radius 1 is 1.17 bits per heavy atom. The van der Waals surface area contributed by atoms with Crippen LogP contribution in [0.25, 0.3) is 5.57 Å². The second-order valence-electron chi connectivity index (χ2n) is 5.71. The summed E-state index contributed by atoms with van der Waals surface area (Å²) in [5.41, 5.74) is 2.59. The van der Waals surface area contributed by atoms with Crippen LogP contribution in [-0.4, -0.2) is 31.1 Å². The van der Waals surface area contributed by atoms with Crippen LogP contribution in [0.15, 0.2) is 48.8 Å². The van der Waals surface area contributed by atoms with Crippen LogP contribution in [0.2, 0.25) is 0 Å². The molecule has 0 saturated carbocycles. The number of aromatic nitrogens is 1. The Balaban J connectivity index is 2.20. The molecule has 1 aliphatic heterocycles. The Kier molecular flexibility index (Phi) is 4.34. The van der Waals surface area contributed by atoms with Gasteiger partial charge in [0.05, 0.1) is 11.6 Å². The molecule has 122 valence electrons. The fourth-order valence-corrected chi connectivity index (χ4v) is 2.98. The highest BCUT2D eigenvalue weighted by Gasteiger charge is 2.39. The summed E-state index contributed by atoms with van der Waals surface area (Å²) >= 11 is 0. The molecule has 1 atom stereocenters. The van der Waals surface area contributed by atoms with Gasteiger partial charge in [-0.15, -0.1) is 0 Å². The molecule has 1 aliphatic rings. The number of nitriles is 1. The summed E-state index contributed by atoms with van der Waals surface area (Å²) < 4.78 is 17.0. The molecule has 0 bridgehead atoms. The maximum atomic E-state index is 9.20. The third-order valence-electron chi connectivity index (χ3n) is 4.05. The number of pyridine rings is 1. The van der Waals surface area contributed by atoms with Crippen molar-refractivity contribution in [1.82, 2.24) is 4.98 Å². The molecule has 0 N–H and O–H groups in total. The highest BCUT2D eigenvalue weighted by molar-refractivity contribution is 5.85. The molecule has 0 aliphatic carbocycles. The van der Waals surface area contributed by atoms with Gasteiger partial charge in [0.1, 0.15) is 5.75 Å². The summed E-state index contributed by atoms with van der Waals surface area (Å²) in [4.78, 5) is 4.07. The zero-order valence-corrected chi connectivity index (χ0v) is 13.8. The normalized spacial score (nSPS) is 19.2. The van der Waals surface area contributed by atoms with Gasteiger partial charge in [-0.25, -0.2) is 0 Å². The quantitative estimate of drug-likeness (QED) is 0.809. The van der Waals surface area contributed by atoms with Crippen molar-refractivity contribution in [2.75, 3.05) is 14.2 Å². The van der Waals surface area contributed by atoms with Crippen molar-refractivity contribution in [3.05, 3.63) is 65.5 Å². The molecule has 5 heteroatoms. The molecule has 24 heavy (non-hydrogen) atoms. The standard InChI is InChI=1S/C19H18N2O3/c1-19(18(22-2)23-3)11-16(14-6-8-21-9-7-14)15-10-13(12-20)4-5-17(15)24-19/h4-11,18H,1-3H3. The molecular formula is C19H18N2O3. The van der Waals surface area contributed by atoms with Gasteiger partial charge in [0, 0.05) is 32.2 Å². The van der Waals surface area contributed by atoms with Crippen molar-refractivity contribution in [1.29, 1.82) is 5.26 Å². The van der Waals surface area contributed by atoms with Gasteiger partial charge < -0.3 is 14.2 Å². The van der Waals surface area contributed by atoms with E-state index in [0.29, 0.717) is 11.3 Å². The minimum absolute atomic E-state index is 0.571. The number of benzene rings is 1. The van der Waals surface area contributed by atoms with E-state index < -0.39 is 11.9 Å². The zero-order chi connectivity index (χ0) is 17.2. The van der Waals surface area contributed by atoms with Crippen LogP contribution in [-0.2, 0) is 9.47 Å². The summed E-state index contributed by atoms with van der Waals surface area (Å²) in [6, 6.07) is 11.4. The van der Waals surface area contributed by atoms with E-state index in [9.17, 15) is 5.26 Å². The largest absolute Gasteiger partial charge is 0.477 e. The third kappa shape index (κ3) is 2.78. The Bertz CT molecular complexity index is 807. The molecule has 1 unspecified atom stereocenters. The van der Waals surface area contributed by atoms with Crippen LogP contribution in [0.1, 0.15) is 23.6 Å². The first-order valence-corrected chi connectivity index (χ1v) is 7.53. The molecule has 1 aromatic heterocycles. The van der Waals surface area contributed by atoms with Crippen LogP contribution < -0.4 is 4.74 Å². The number of rotatable bonds is 4. The molecule has 0 amide bonds. The summed E-state index contributed by atoms with van der Waals surface area (Å²) in [5, 5.41) is 9.20. The number of methoxy groups -OCH3 is 2. The average molecular weight is 322 g/mol. The first kappa shape index (κ1) is 16.2. The third-order valence-corrected chi connectivity index (χ3v) is 4.05. The lowest BCUT2D eigenvalue weighted by Gasteiger charge is -2.38. The molecule has 5 nitrogen and oxygen atoms in total. The maximum Gasteiger partial charge on any atom is 0.200 e. The van der Waals surface area contributed by atoms with Crippen molar-refractivity contribution < 1.29 is 14.2 Å². The van der Waals surface area contributed by atoms with Crippen molar-refractivity contribution in [2.45, 2.75) is 18.8 Å². The fraction of sp³-hybridized carbons (Fsp3) is 0.263. The van der Waals surface area contributed by atoms with Gasteiger partial charge in [0.15, 0.2) is 5.60 Å². The molecule has 0 fully saturated rings. The second kappa shape index (κ2) is 6.44. The number of hydrogen-bond acceptors (Lipinski definition) is 5. The monoisotopic (exact) mass is 322 g/mol. The van der Waals surface area contributed by atoms with E-state index in [0.717, 1.165) is 16.7 Å². The lowest BCUT2D eigenvalue weighted by atomic mass is 9.88. The first-order chi connectivity index (χ1) is 11.6. The van der Waals surface area contributed by atoms with Crippen LogP contribution in [0.4, 0.5) is 0 Å². The molecule has 3 rings (SSSR count). The van der Waals surface area contributed by atoms with E-state index in [2.05, 4.69) is 11.1 Å². The van der Waals surface area contributed by atoms with Crippen LogP contribution >= 0.6 is 0 Å². The van der Waals surface area contributed by atoms with Crippen molar-refractivity contribution in [3.8, 4) is 11.8 Å². The van der Waals surface area contributed by atoms with Crippen LogP contribution in [0, 0.1) is 11.3 Å². The van der Waals surface area contributed by atoms with Gasteiger partial charge in [-0.2, -0.15) is 5.26 Å². The first-order valence-electron chi connectivity index (χ1n) is 7.53. The second-order valence-corrected chi connectivity index (χ2v) is 5.71. The van der Waals surface area contributed by atoms with Crippen LogP contribution in [0.3, 0.4) is 0 Å². The zero-order valence-electron chi connectivity index (χ0n) is 13.8. The van der Waals surface area contributed by atoms with Crippen molar-refractivity contribution in [3.63, 3.8) is 0 Å². The molecule has 2 aromatic rings. The number of ether oxygens (including phenoxy) is 3. The fourth-order valence-electron chi connectivity index (χ4n) is 2.98. The van der Waals surface area contributed by atoms with Crippen molar-refractivity contribution >= 4 is 5.57 Å². The van der Waals surface area contributed by atoms with Gasteiger partial charge in [0.2, 0.25) is 6.29 Å². The summed E-state index contributed by atoms with van der Waals surface area (Å²) in [6.45, 7) is 1.91. The van der Waals surface area contributed by atoms with Gasteiger partial charge >= 0.3 is 0 Å². The smallest absolute Gasteiger partial charge is 0.200 e. The molecule has 0 saturated heterocycles. The van der Waals surface area contributed by atoms with E-state index in [1.165, 1.54) is 0 Å². The predicted octanol–water partition coefficient (Wildman–Crippen LogP) is 3.15. The van der Waals surface area contributed by atoms with Gasteiger partial charge in [-0.1, -0.05) is 0 Å². The van der Waals surface area contributed by atoms with Crippen molar-refractivity contribution in [2.24, 2.45) is 0 Å². The van der Waals surface area contributed by atoms with E-state index in [-0.39, 0.29) is 0 Å². The predicted molar refractivity (Wildman–Crippen MR) is 89.3 cm³/mol. The Labute approximate surface area is 141 Å². The summed E-state index contributed by atoms with van der Waals surface area (Å²) in [6.07, 6.45) is 4.88. The Morgan fingerprint density at radius 2 is 1.88 bits per heavy atom. The highest BCUT2D eigenvalue weighted by atomic mass is 16.7. The minimum Gasteiger partial charge on any atom is -0.477 e. The van der Waals surface area contributed by atoms with E-state index in [1.54, 1.807) is 32.7 Å². The minimum atomic E-state index is -0.802. The van der Waals surface area contributed by atoms with E-state index >= 15 is 0 Å². The molecule has 0 spiro atoms. The van der Waals surface area contributed by atoms with Gasteiger partial charge in [-0.3, -0.25) is 4.98 Å². The molecule has 1 aromatic carbocycles. The number of nitrogens with zero attached hydrogens (tertiary/aromatic N) is 2. The Morgan fingerprint density at radius 3 is 2.50 bits per heavy atom. The van der Waals surface area contributed by atoms with Crippen LogP contribution in [0.5, 0.6) is 5.75 Å². The van der Waals surface area contributed by atoms with Gasteiger partial charge in [-0.05, 0) is 54.5 Å². The highest BCUT2D eigenvalue weighted by Crippen LogP contribution is 2.41. The lowest BCUT2D eigenvalue weighted by Crippen LogP contribution is -2.47. The molecular weight excluding hydrogens is 304 g/mol. The molecule has 2 heterocycles. The topological polar surface area (TPSA) is 64.4 Å². The molecule has 0 radical (unpaired) electrons. The van der Waals surface area contributed by atoms with E-state index in [4.69, 9.17) is 14.2 Å². The number of hydrogen-bond donors (Lipinski definition) is 0. The SMILES string of the molecule is COC(OC)C1(C)C=C(c2ccncc2)c2cc(C#N)ccc2O1. The lowest BCUT2D eigenvalue weighted by molar-refractivity contribution is -0.180. The summed E-state index contributed by atoms with van der Waals surface area (Å²) in [7, 11) is 3.16. The van der Waals surface area contributed by atoms with E-state index in [1.807, 2.05) is 37.3 Å².